The lowest BCUT2D eigenvalue weighted by molar-refractivity contribution is 0.243. The smallest absolute Gasteiger partial charge is 0.122 e. The molecule has 0 aliphatic carbocycles. The second kappa shape index (κ2) is 7.27. The quantitative estimate of drug-likeness (QED) is 0.834. The van der Waals surface area contributed by atoms with Crippen molar-refractivity contribution in [1.29, 1.82) is 0 Å². The number of hydrogen-bond donors (Lipinski definition) is 1. The van der Waals surface area contributed by atoms with Gasteiger partial charge in [-0.2, -0.15) is 0 Å². The van der Waals surface area contributed by atoms with Crippen LogP contribution in [0.2, 0.25) is 0 Å². The molecule has 3 heteroatoms. The van der Waals surface area contributed by atoms with E-state index in [0.717, 1.165) is 18.7 Å². The fourth-order valence-electron chi connectivity index (χ4n) is 2.46. The van der Waals surface area contributed by atoms with Crippen molar-refractivity contribution in [2.75, 3.05) is 20.6 Å². The van der Waals surface area contributed by atoms with Crippen LogP contribution in [0, 0.1) is 0 Å². The Morgan fingerprint density at radius 1 is 1.10 bits per heavy atom. The predicted molar refractivity (Wildman–Crippen MR) is 82.6 cm³/mol. The monoisotopic (exact) mass is 272 g/mol. The zero-order valence-corrected chi connectivity index (χ0v) is 12.5. The molecule has 1 N–H and O–H groups in total. The molecule has 2 rings (SSSR count). The Balaban J connectivity index is 2.01. The summed E-state index contributed by atoms with van der Waals surface area (Å²) in [5.41, 5.74) is 1.34. The van der Waals surface area contributed by atoms with Crippen molar-refractivity contribution in [3.8, 4) is 0 Å². The van der Waals surface area contributed by atoms with Crippen LogP contribution < -0.4 is 5.32 Å². The molecule has 0 spiro atoms. The lowest BCUT2D eigenvalue weighted by Gasteiger charge is -2.26. The highest BCUT2D eigenvalue weighted by Gasteiger charge is 2.18. The topological polar surface area (TPSA) is 28.4 Å². The molecule has 2 aromatic rings. The summed E-state index contributed by atoms with van der Waals surface area (Å²) < 4.78 is 5.55. The van der Waals surface area contributed by atoms with Gasteiger partial charge in [0.25, 0.3) is 0 Å². The number of nitrogens with one attached hydrogen (secondary N) is 1. The van der Waals surface area contributed by atoms with Crippen LogP contribution in [0.3, 0.4) is 0 Å². The molecule has 2 atom stereocenters. The van der Waals surface area contributed by atoms with E-state index in [1.54, 1.807) is 6.26 Å². The van der Waals surface area contributed by atoms with Gasteiger partial charge in [0.05, 0.1) is 12.3 Å². The lowest BCUT2D eigenvalue weighted by Crippen LogP contribution is -2.33. The molecular formula is C17H24N2O. The molecule has 0 bridgehead atoms. The lowest BCUT2D eigenvalue weighted by atomic mass is 10.0. The van der Waals surface area contributed by atoms with E-state index in [1.807, 2.05) is 12.1 Å². The van der Waals surface area contributed by atoms with Crippen LogP contribution in [0.5, 0.6) is 0 Å². The van der Waals surface area contributed by atoms with Crippen LogP contribution in [-0.2, 0) is 0 Å². The largest absolute Gasteiger partial charge is 0.468 e. The Hall–Kier alpha value is -1.58. The van der Waals surface area contributed by atoms with Gasteiger partial charge in [-0.1, -0.05) is 37.3 Å². The molecule has 0 saturated heterocycles. The Morgan fingerprint density at radius 3 is 2.40 bits per heavy atom. The molecule has 0 amide bonds. The maximum atomic E-state index is 5.55. The second-order valence-corrected chi connectivity index (χ2v) is 5.27. The molecule has 0 aliphatic rings. The van der Waals surface area contributed by atoms with E-state index in [4.69, 9.17) is 4.42 Å². The van der Waals surface area contributed by atoms with Crippen LogP contribution >= 0.6 is 0 Å². The van der Waals surface area contributed by atoms with Gasteiger partial charge in [-0.25, -0.2) is 0 Å². The third-order valence-corrected chi connectivity index (χ3v) is 3.66. The van der Waals surface area contributed by atoms with Crippen molar-refractivity contribution in [3.05, 3.63) is 60.1 Å². The number of likely N-dealkylation sites (N-methyl/N-ethyl adjacent to an activating group) is 1. The van der Waals surface area contributed by atoms with Crippen LogP contribution in [0.25, 0.3) is 0 Å². The first-order chi connectivity index (χ1) is 9.72. The average molecular weight is 272 g/mol. The van der Waals surface area contributed by atoms with Gasteiger partial charge in [-0.05, 0) is 38.2 Å². The molecule has 0 fully saturated rings. The summed E-state index contributed by atoms with van der Waals surface area (Å²) in [4.78, 5) is 2.18. The van der Waals surface area contributed by atoms with Gasteiger partial charge in [-0.15, -0.1) is 0 Å². The summed E-state index contributed by atoms with van der Waals surface area (Å²) in [5, 5.41) is 3.65. The molecule has 3 nitrogen and oxygen atoms in total. The maximum absolute atomic E-state index is 5.55. The van der Waals surface area contributed by atoms with E-state index in [1.165, 1.54) is 5.56 Å². The van der Waals surface area contributed by atoms with Crippen molar-refractivity contribution < 1.29 is 4.42 Å². The van der Waals surface area contributed by atoms with Crippen LogP contribution in [0.1, 0.15) is 36.8 Å². The molecule has 0 aliphatic heterocycles. The molecule has 1 heterocycles. The minimum atomic E-state index is 0.253. The standard InChI is InChI=1S/C17H24N2O/c1-4-15(14-9-6-5-7-10-14)18-13-16(19(2)3)17-11-8-12-20-17/h5-12,15-16,18H,4,13H2,1-3H3. The normalized spacial score (nSPS) is 14.4. The Kier molecular flexibility index (Phi) is 5.39. The van der Waals surface area contributed by atoms with Gasteiger partial charge < -0.3 is 9.73 Å². The zero-order chi connectivity index (χ0) is 14.4. The van der Waals surface area contributed by atoms with Gasteiger partial charge in [0.1, 0.15) is 5.76 Å². The zero-order valence-electron chi connectivity index (χ0n) is 12.5. The highest BCUT2D eigenvalue weighted by atomic mass is 16.3. The summed E-state index contributed by atoms with van der Waals surface area (Å²) in [6.45, 7) is 3.08. The Labute approximate surface area is 121 Å². The Bertz CT molecular complexity index is 479. The van der Waals surface area contributed by atoms with Gasteiger partial charge in [0, 0.05) is 12.6 Å². The van der Waals surface area contributed by atoms with Gasteiger partial charge >= 0.3 is 0 Å². The summed E-state index contributed by atoms with van der Waals surface area (Å²) in [5.74, 6) is 1.01. The first-order valence-corrected chi connectivity index (χ1v) is 7.20. The van der Waals surface area contributed by atoms with Crippen molar-refractivity contribution in [2.45, 2.75) is 25.4 Å². The summed E-state index contributed by atoms with van der Waals surface area (Å²) in [7, 11) is 4.16. The molecule has 1 aromatic heterocycles. The highest BCUT2D eigenvalue weighted by molar-refractivity contribution is 5.19. The van der Waals surface area contributed by atoms with Gasteiger partial charge in [-0.3, -0.25) is 4.90 Å². The molecule has 20 heavy (non-hydrogen) atoms. The van der Waals surface area contributed by atoms with Crippen molar-refractivity contribution in [2.24, 2.45) is 0 Å². The minimum Gasteiger partial charge on any atom is -0.468 e. The molecule has 0 saturated carbocycles. The number of furan rings is 1. The van der Waals surface area contributed by atoms with Crippen molar-refractivity contribution >= 4 is 0 Å². The van der Waals surface area contributed by atoms with E-state index < -0.39 is 0 Å². The van der Waals surface area contributed by atoms with Crippen LogP contribution in [0.4, 0.5) is 0 Å². The van der Waals surface area contributed by atoms with Gasteiger partial charge in [0.15, 0.2) is 0 Å². The third kappa shape index (κ3) is 3.71. The predicted octanol–water partition coefficient (Wildman–Crippen LogP) is 3.62. The SMILES string of the molecule is CCC(NCC(c1ccco1)N(C)C)c1ccccc1. The van der Waals surface area contributed by atoms with Crippen LogP contribution in [-0.4, -0.2) is 25.5 Å². The molecule has 1 aromatic carbocycles. The van der Waals surface area contributed by atoms with E-state index in [0.29, 0.717) is 6.04 Å². The fraction of sp³-hybridized carbons (Fsp3) is 0.412. The molecule has 0 radical (unpaired) electrons. The van der Waals surface area contributed by atoms with Crippen LogP contribution in [0.15, 0.2) is 53.1 Å². The average Bonchev–Trinajstić information content (AvgIpc) is 2.98. The summed E-state index contributed by atoms with van der Waals surface area (Å²) >= 11 is 0. The first-order valence-electron chi connectivity index (χ1n) is 7.20. The second-order valence-electron chi connectivity index (χ2n) is 5.27. The summed E-state index contributed by atoms with van der Waals surface area (Å²) in [6, 6.07) is 15.2. The van der Waals surface area contributed by atoms with E-state index >= 15 is 0 Å². The van der Waals surface area contributed by atoms with Crippen molar-refractivity contribution in [1.82, 2.24) is 10.2 Å². The van der Waals surface area contributed by atoms with Crippen molar-refractivity contribution in [3.63, 3.8) is 0 Å². The number of benzene rings is 1. The minimum absolute atomic E-state index is 0.253. The van der Waals surface area contributed by atoms with E-state index in [2.05, 4.69) is 61.6 Å². The first kappa shape index (κ1) is 14.8. The fourth-order valence-corrected chi connectivity index (χ4v) is 2.46. The van der Waals surface area contributed by atoms with E-state index in [-0.39, 0.29) is 6.04 Å². The molecular weight excluding hydrogens is 248 g/mol. The Morgan fingerprint density at radius 2 is 1.85 bits per heavy atom. The number of nitrogens with zero attached hydrogens (tertiary/aromatic N) is 1. The third-order valence-electron chi connectivity index (χ3n) is 3.66. The number of hydrogen-bond acceptors (Lipinski definition) is 3. The molecule has 108 valence electrons. The van der Waals surface area contributed by atoms with E-state index in [9.17, 15) is 0 Å². The number of rotatable bonds is 7. The summed E-state index contributed by atoms with van der Waals surface area (Å²) in [6.07, 6.45) is 2.81. The highest BCUT2D eigenvalue weighted by Crippen LogP contribution is 2.21. The maximum Gasteiger partial charge on any atom is 0.122 e. The molecule has 2 unspecified atom stereocenters. The van der Waals surface area contributed by atoms with Gasteiger partial charge in [0.2, 0.25) is 0 Å².